The smallest absolute Gasteiger partial charge is 0.226 e. The van der Waals surface area contributed by atoms with Crippen molar-refractivity contribution >= 4 is 17.2 Å². The van der Waals surface area contributed by atoms with Crippen LogP contribution in [-0.4, -0.2) is 50.9 Å². The SMILES string of the molecule is O=C1[C@@H](CCCc2cccc3nccn23)C[C@H]2CN(c3ccncc3F)CCN12. The number of halogens is 1. The number of carbonyl (C=O) groups excluding carboxylic acids is 1. The number of fused-ring (bicyclic) bond motifs is 2. The van der Waals surface area contributed by atoms with Gasteiger partial charge in [0.1, 0.15) is 5.65 Å². The van der Waals surface area contributed by atoms with Crippen LogP contribution in [0.2, 0.25) is 0 Å². The Balaban J connectivity index is 1.21. The third-order valence-corrected chi connectivity index (χ3v) is 6.26. The van der Waals surface area contributed by atoms with Crippen LogP contribution in [0.3, 0.4) is 0 Å². The van der Waals surface area contributed by atoms with Gasteiger partial charge in [-0.05, 0) is 43.9 Å². The lowest BCUT2D eigenvalue weighted by atomic mass is 9.97. The first-order chi connectivity index (χ1) is 14.2. The molecule has 0 N–H and O–H groups in total. The lowest BCUT2D eigenvalue weighted by Gasteiger charge is -2.38. The second kappa shape index (κ2) is 7.46. The summed E-state index contributed by atoms with van der Waals surface area (Å²) in [5.74, 6) is 0.0467. The number of hydrogen-bond donors (Lipinski definition) is 0. The number of aromatic nitrogens is 3. The van der Waals surface area contributed by atoms with Gasteiger partial charge in [-0.2, -0.15) is 0 Å². The molecule has 2 fully saturated rings. The number of nitrogens with zero attached hydrogens (tertiary/aromatic N) is 5. The minimum Gasteiger partial charge on any atom is -0.365 e. The number of pyridine rings is 2. The summed E-state index contributed by atoms with van der Waals surface area (Å²) >= 11 is 0. The third-order valence-electron chi connectivity index (χ3n) is 6.26. The van der Waals surface area contributed by atoms with Crippen LogP contribution in [0.1, 0.15) is 25.0 Å². The zero-order valence-corrected chi connectivity index (χ0v) is 16.2. The van der Waals surface area contributed by atoms with Gasteiger partial charge in [-0.15, -0.1) is 0 Å². The molecule has 0 spiro atoms. The van der Waals surface area contributed by atoms with E-state index < -0.39 is 0 Å². The fourth-order valence-corrected chi connectivity index (χ4v) is 4.84. The molecule has 0 aliphatic carbocycles. The molecule has 7 heteroatoms. The molecule has 3 aromatic rings. The second-order valence-corrected chi connectivity index (χ2v) is 7.96. The maximum atomic E-state index is 14.1. The standard InChI is InChI=1S/C22H24FN5O/c23-19-14-24-8-7-20(19)26-11-12-28-18(15-26)13-16(22(28)29)3-1-4-17-5-2-6-21-25-9-10-27(17)21/h2,5-10,14,16,18H,1,3-4,11-13,15H2/t16-,18-/m0/s1. The van der Waals surface area contributed by atoms with E-state index in [0.29, 0.717) is 25.3 Å². The highest BCUT2D eigenvalue weighted by Gasteiger charge is 2.42. The molecule has 2 aliphatic rings. The number of hydrogen-bond acceptors (Lipinski definition) is 4. The van der Waals surface area contributed by atoms with Gasteiger partial charge in [0.25, 0.3) is 0 Å². The average molecular weight is 393 g/mol. The number of piperazine rings is 1. The van der Waals surface area contributed by atoms with Crippen LogP contribution in [0.5, 0.6) is 0 Å². The van der Waals surface area contributed by atoms with Crippen molar-refractivity contribution in [1.82, 2.24) is 19.3 Å². The van der Waals surface area contributed by atoms with Crippen LogP contribution < -0.4 is 4.90 Å². The molecule has 5 heterocycles. The lowest BCUT2D eigenvalue weighted by Crippen LogP contribution is -2.51. The largest absolute Gasteiger partial charge is 0.365 e. The van der Waals surface area contributed by atoms with Gasteiger partial charge in [-0.25, -0.2) is 9.37 Å². The Morgan fingerprint density at radius 1 is 1.17 bits per heavy atom. The van der Waals surface area contributed by atoms with Gasteiger partial charge in [0, 0.05) is 49.8 Å². The van der Waals surface area contributed by atoms with E-state index in [2.05, 4.69) is 20.4 Å². The Labute approximate surface area is 169 Å². The summed E-state index contributed by atoms with van der Waals surface area (Å²) in [5, 5.41) is 0. The van der Waals surface area contributed by atoms with Crippen molar-refractivity contribution in [3.8, 4) is 0 Å². The molecule has 150 valence electrons. The van der Waals surface area contributed by atoms with E-state index in [1.165, 1.54) is 11.9 Å². The maximum Gasteiger partial charge on any atom is 0.226 e. The monoisotopic (exact) mass is 393 g/mol. The predicted octanol–water partition coefficient (Wildman–Crippen LogP) is 2.93. The molecule has 0 radical (unpaired) electrons. The van der Waals surface area contributed by atoms with E-state index in [9.17, 15) is 9.18 Å². The Bertz CT molecular complexity index is 1030. The molecule has 2 aliphatic heterocycles. The Morgan fingerprint density at radius 3 is 3.00 bits per heavy atom. The van der Waals surface area contributed by atoms with Crippen molar-refractivity contribution in [3.63, 3.8) is 0 Å². The van der Waals surface area contributed by atoms with Crippen LogP contribution in [0.25, 0.3) is 5.65 Å². The normalized spacial score (nSPS) is 21.8. The molecule has 0 bridgehead atoms. The summed E-state index contributed by atoms with van der Waals surface area (Å²) in [7, 11) is 0. The quantitative estimate of drug-likeness (QED) is 0.669. The molecule has 6 nitrogen and oxygen atoms in total. The van der Waals surface area contributed by atoms with Crippen molar-refractivity contribution in [2.24, 2.45) is 5.92 Å². The fraction of sp³-hybridized carbons (Fsp3) is 0.409. The highest BCUT2D eigenvalue weighted by Crippen LogP contribution is 2.33. The van der Waals surface area contributed by atoms with Crippen LogP contribution in [0.4, 0.5) is 10.1 Å². The molecule has 0 aromatic carbocycles. The molecular weight excluding hydrogens is 369 g/mol. The summed E-state index contributed by atoms with van der Waals surface area (Å²) in [5.41, 5.74) is 2.77. The Kier molecular flexibility index (Phi) is 4.66. The molecule has 1 amide bonds. The van der Waals surface area contributed by atoms with Crippen molar-refractivity contribution in [3.05, 3.63) is 60.6 Å². The zero-order chi connectivity index (χ0) is 19.8. The van der Waals surface area contributed by atoms with Gasteiger partial charge >= 0.3 is 0 Å². The summed E-state index contributed by atoms with van der Waals surface area (Å²) in [4.78, 5) is 25.1. The Hall–Kier alpha value is -2.96. The first kappa shape index (κ1) is 18.1. The minimum atomic E-state index is -0.296. The summed E-state index contributed by atoms with van der Waals surface area (Å²) in [6.45, 7) is 2.02. The molecule has 5 rings (SSSR count). The Morgan fingerprint density at radius 2 is 2.10 bits per heavy atom. The third kappa shape index (κ3) is 3.34. The van der Waals surface area contributed by atoms with Crippen molar-refractivity contribution in [1.29, 1.82) is 0 Å². The maximum absolute atomic E-state index is 14.1. The van der Waals surface area contributed by atoms with Crippen LogP contribution in [0, 0.1) is 11.7 Å². The second-order valence-electron chi connectivity index (χ2n) is 7.96. The van der Waals surface area contributed by atoms with Gasteiger partial charge in [-0.1, -0.05) is 6.07 Å². The van der Waals surface area contributed by atoms with Crippen molar-refractivity contribution in [2.75, 3.05) is 24.5 Å². The van der Waals surface area contributed by atoms with E-state index >= 15 is 0 Å². The highest BCUT2D eigenvalue weighted by atomic mass is 19.1. The molecule has 3 aromatic heterocycles. The zero-order valence-electron chi connectivity index (χ0n) is 16.2. The van der Waals surface area contributed by atoms with Gasteiger partial charge < -0.3 is 14.2 Å². The molecule has 2 atom stereocenters. The fourth-order valence-electron chi connectivity index (χ4n) is 4.84. The van der Waals surface area contributed by atoms with Crippen LogP contribution in [-0.2, 0) is 11.2 Å². The molecule has 2 saturated heterocycles. The summed E-state index contributed by atoms with van der Waals surface area (Å²) < 4.78 is 16.2. The van der Waals surface area contributed by atoms with E-state index in [1.807, 2.05) is 34.3 Å². The van der Waals surface area contributed by atoms with Gasteiger partial charge in [-0.3, -0.25) is 9.78 Å². The summed E-state index contributed by atoms with van der Waals surface area (Å²) in [6, 6.07) is 8.04. The molecule has 0 unspecified atom stereocenters. The van der Waals surface area contributed by atoms with Gasteiger partial charge in [0.15, 0.2) is 5.82 Å². The van der Waals surface area contributed by atoms with E-state index in [-0.39, 0.29) is 23.7 Å². The van der Waals surface area contributed by atoms with Crippen molar-refractivity contribution in [2.45, 2.75) is 31.7 Å². The van der Waals surface area contributed by atoms with Gasteiger partial charge in [0.05, 0.1) is 17.9 Å². The number of anilines is 1. The number of carbonyl (C=O) groups is 1. The molecule has 29 heavy (non-hydrogen) atoms. The summed E-state index contributed by atoms with van der Waals surface area (Å²) in [6.07, 6.45) is 10.3. The van der Waals surface area contributed by atoms with Crippen molar-refractivity contribution < 1.29 is 9.18 Å². The van der Waals surface area contributed by atoms with E-state index in [0.717, 1.165) is 31.3 Å². The highest BCUT2D eigenvalue weighted by molar-refractivity contribution is 5.82. The van der Waals surface area contributed by atoms with Gasteiger partial charge in [0.2, 0.25) is 5.91 Å². The molecular formula is C22H24FN5O. The van der Waals surface area contributed by atoms with E-state index in [4.69, 9.17) is 0 Å². The van der Waals surface area contributed by atoms with Crippen LogP contribution in [0.15, 0.2) is 49.1 Å². The lowest BCUT2D eigenvalue weighted by molar-refractivity contribution is -0.132. The first-order valence-electron chi connectivity index (χ1n) is 10.3. The number of aryl methyl sites for hydroxylation is 1. The predicted molar refractivity (Wildman–Crippen MR) is 108 cm³/mol. The number of amides is 1. The minimum absolute atomic E-state index is 0.0734. The number of rotatable bonds is 5. The number of imidazole rings is 1. The van der Waals surface area contributed by atoms with Crippen LogP contribution >= 0.6 is 0 Å². The average Bonchev–Trinajstić information content (AvgIpc) is 3.33. The van der Waals surface area contributed by atoms with E-state index in [1.54, 1.807) is 12.3 Å². The first-order valence-corrected chi connectivity index (χ1v) is 10.3. The topological polar surface area (TPSA) is 53.7 Å². The molecule has 0 saturated carbocycles.